The van der Waals surface area contributed by atoms with Crippen LogP contribution in [0.1, 0.15) is 53.2 Å². The number of nitrogens with one attached hydrogen (secondary N) is 1. The highest BCUT2D eigenvalue weighted by atomic mass is 35.5. The van der Waals surface area contributed by atoms with Crippen molar-refractivity contribution in [2.24, 2.45) is 0 Å². The van der Waals surface area contributed by atoms with E-state index in [1.807, 2.05) is 0 Å². The second-order valence-corrected chi connectivity index (χ2v) is 10.5. The zero-order chi connectivity index (χ0) is 25.5. The van der Waals surface area contributed by atoms with Gasteiger partial charge in [-0.25, -0.2) is 22.2 Å². The molecule has 3 rings (SSSR count). The Kier molecular flexibility index (Phi) is 7.26. The fourth-order valence-corrected chi connectivity index (χ4v) is 4.92. The molecule has 1 heterocycles. The van der Waals surface area contributed by atoms with E-state index in [0.29, 0.717) is 12.3 Å². The number of carbonyl (C=O) groups excluding carboxylic acids is 1. The summed E-state index contributed by atoms with van der Waals surface area (Å²) in [5.41, 5.74) is -4.23. The van der Waals surface area contributed by atoms with Crippen molar-refractivity contribution >= 4 is 27.3 Å². The lowest BCUT2D eigenvalue weighted by Crippen LogP contribution is -2.49. The quantitative estimate of drug-likeness (QED) is 0.563. The number of nitrogens with zero attached hydrogens (tertiary/aromatic N) is 1. The van der Waals surface area contributed by atoms with Crippen LogP contribution in [0.5, 0.6) is 0 Å². The lowest BCUT2D eigenvalue weighted by Gasteiger charge is -2.41. The molecule has 0 spiro atoms. The molecule has 0 saturated heterocycles. The van der Waals surface area contributed by atoms with E-state index in [-0.39, 0.29) is 37.4 Å². The predicted octanol–water partition coefficient (Wildman–Crippen LogP) is 4.41. The maximum Gasteiger partial charge on any atom is 0.417 e. The molecule has 13 heteroatoms. The number of benzene rings is 1. The van der Waals surface area contributed by atoms with E-state index in [9.17, 15) is 40.3 Å². The summed E-state index contributed by atoms with van der Waals surface area (Å²) in [6.45, 7) is 0. The van der Waals surface area contributed by atoms with Crippen LogP contribution in [-0.2, 0) is 16.0 Å². The topological polar surface area (TPSA) is 96.4 Å². The van der Waals surface area contributed by atoms with E-state index in [2.05, 4.69) is 10.3 Å². The Hall–Kier alpha value is -2.31. The molecule has 1 aliphatic carbocycles. The summed E-state index contributed by atoms with van der Waals surface area (Å²) in [5, 5.41) is 12.2. The highest BCUT2D eigenvalue weighted by molar-refractivity contribution is 7.90. The van der Waals surface area contributed by atoms with Crippen LogP contribution in [0.25, 0.3) is 0 Å². The van der Waals surface area contributed by atoms with Gasteiger partial charge in [0.15, 0.2) is 14.9 Å². The Balaban J connectivity index is 2.12. The van der Waals surface area contributed by atoms with Gasteiger partial charge in [0.1, 0.15) is 12.0 Å². The van der Waals surface area contributed by atoms with Gasteiger partial charge in [0.25, 0.3) is 5.91 Å². The number of aromatic nitrogens is 1. The van der Waals surface area contributed by atoms with Gasteiger partial charge < -0.3 is 10.4 Å². The first-order valence-corrected chi connectivity index (χ1v) is 12.3. The maximum atomic E-state index is 14.2. The molecule has 1 aromatic carbocycles. The molecule has 6 nitrogen and oxygen atoms in total. The molecule has 1 amide bonds. The van der Waals surface area contributed by atoms with E-state index in [1.165, 1.54) is 12.1 Å². The van der Waals surface area contributed by atoms with Crippen molar-refractivity contribution in [3.63, 3.8) is 0 Å². The Morgan fingerprint density at radius 2 is 1.91 bits per heavy atom. The van der Waals surface area contributed by atoms with Gasteiger partial charge in [0.05, 0.1) is 27.8 Å². The smallest absolute Gasteiger partial charge is 0.387 e. The minimum atomic E-state index is -4.93. The lowest BCUT2D eigenvalue weighted by molar-refractivity contribution is -0.137. The first kappa shape index (κ1) is 26.3. The van der Waals surface area contributed by atoms with Crippen LogP contribution in [0.2, 0.25) is 5.02 Å². The van der Waals surface area contributed by atoms with E-state index in [4.69, 9.17) is 11.6 Å². The zero-order valence-corrected chi connectivity index (χ0v) is 19.2. The standard InChI is InChI=1S/C21H20ClF5N2O4S/c1-34(32,33)19-14(9-11(10-28-19)21(25,26)27)18(30)29-17(13-3-2-4-15(24)16(13)22)20(31)7-5-12(23)6-8-20/h2-4,9-10,12,17,31H,5-8H2,1H3,(H,29,30)/t12-,17?,20-. The van der Waals surface area contributed by atoms with Crippen LogP contribution >= 0.6 is 11.6 Å². The maximum absolute atomic E-state index is 14.2. The lowest BCUT2D eigenvalue weighted by atomic mass is 9.76. The normalized spacial score (nSPS) is 22.3. The van der Waals surface area contributed by atoms with Crippen LogP contribution < -0.4 is 5.32 Å². The van der Waals surface area contributed by atoms with Crippen molar-refractivity contribution in [2.75, 3.05) is 6.26 Å². The first-order valence-electron chi connectivity index (χ1n) is 10.0. The van der Waals surface area contributed by atoms with Gasteiger partial charge in [-0.2, -0.15) is 13.2 Å². The summed E-state index contributed by atoms with van der Waals surface area (Å²) in [6.07, 6.45) is -5.73. The van der Waals surface area contributed by atoms with E-state index in [1.54, 1.807) is 0 Å². The number of aliphatic hydroxyl groups is 1. The molecule has 1 aliphatic rings. The second kappa shape index (κ2) is 9.38. The van der Waals surface area contributed by atoms with Crippen LogP contribution in [0.3, 0.4) is 0 Å². The fourth-order valence-electron chi connectivity index (χ4n) is 3.89. The average Bonchev–Trinajstić information content (AvgIpc) is 2.74. The Morgan fingerprint density at radius 3 is 2.47 bits per heavy atom. The van der Waals surface area contributed by atoms with E-state index >= 15 is 0 Å². The van der Waals surface area contributed by atoms with Crippen molar-refractivity contribution in [2.45, 2.75) is 54.7 Å². The number of sulfone groups is 1. The van der Waals surface area contributed by atoms with Gasteiger partial charge in [-0.1, -0.05) is 23.7 Å². The van der Waals surface area contributed by atoms with Crippen molar-refractivity contribution in [3.05, 3.63) is 58.0 Å². The number of hydrogen-bond acceptors (Lipinski definition) is 5. The van der Waals surface area contributed by atoms with Gasteiger partial charge in [0.2, 0.25) is 0 Å². The van der Waals surface area contributed by atoms with E-state index in [0.717, 1.165) is 6.07 Å². The minimum absolute atomic E-state index is 0.0878. The highest BCUT2D eigenvalue weighted by Gasteiger charge is 2.44. The number of carbonyl (C=O) groups is 1. The van der Waals surface area contributed by atoms with Gasteiger partial charge >= 0.3 is 6.18 Å². The summed E-state index contributed by atoms with van der Waals surface area (Å²) < 4.78 is 91.7. The largest absolute Gasteiger partial charge is 0.417 e. The molecule has 186 valence electrons. The SMILES string of the molecule is CS(=O)(=O)c1ncc(C(F)(F)F)cc1C(=O)NC(c1cccc(F)c1Cl)[C@]1(O)CC[C@H](F)CC1. The van der Waals surface area contributed by atoms with Crippen molar-refractivity contribution in [3.8, 4) is 0 Å². The Morgan fingerprint density at radius 1 is 1.29 bits per heavy atom. The van der Waals surface area contributed by atoms with Crippen molar-refractivity contribution in [1.82, 2.24) is 10.3 Å². The third-order valence-corrected chi connectivity index (χ3v) is 7.09. The fraction of sp³-hybridized carbons (Fsp3) is 0.429. The summed E-state index contributed by atoms with van der Waals surface area (Å²) >= 11 is 6.05. The van der Waals surface area contributed by atoms with Crippen LogP contribution in [0.15, 0.2) is 35.5 Å². The number of halogens is 6. The number of alkyl halides is 4. The van der Waals surface area contributed by atoms with Crippen molar-refractivity contribution in [1.29, 1.82) is 0 Å². The molecule has 0 radical (unpaired) electrons. The van der Waals surface area contributed by atoms with Crippen LogP contribution in [0.4, 0.5) is 22.0 Å². The molecular formula is C21H20ClF5N2O4S. The molecule has 1 saturated carbocycles. The monoisotopic (exact) mass is 526 g/mol. The molecule has 1 atom stereocenters. The number of amides is 1. The predicted molar refractivity (Wildman–Crippen MR) is 112 cm³/mol. The number of hydrogen-bond donors (Lipinski definition) is 2. The first-order chi connectivity index (χ1) is 15.6. The molecule has 1 fully saturated rings. The molecule has 0 aliphatic heterocycles. The molecular weight excluding hydrogens is 507 g/mol. The van der Waals surface area contributed by atoms with Gasteiger partial charge in [0, 0.05) is 12.5 Å². The number of pyridine rings is 1. The summed E-state index contributed by atoms with van der Waals surface area (Å²) in [6, 6.07) is 2.39. The zero-order valence-electron chi connectivity index (χ0n) is 17.7. The van der Waals surface area contributed by atoms with E-state index < -0.39 is 66.7 Å². The van der Waals surface area contributed by atoms with Crippen LogP contribution in [0, 0.1) is 5.82 Å². The Bertz CT molecular complexity index is 1200. The molecule has 2 aromatic rings. The minimum Gasteiger partial charge on any atom is -0.387 e. The second-order valence-electron chi connectivity index (χ2n) is 8.17. The molecule has 1 unspecified atom stereocenters. The van der Waals surface area contributed by atoms with Crippen LogP contribution in [-0.4, -0.2) is 42.4 Å². The Labute approximate surface area is 197 Å². The average molecular weight is 527 g/mol. The summed E-state index contributed by atoms with van der Waals surface area (Å²) in [7, 11) is -4.24. The third kappa shape index (κ3) is 5.49. The molecule has 0 bridgehead atoms. The molecule has 2 N–H and O–H groups in total. The summed E-state index contributed by atoms with van der Waals surface area (Å²) in [4.78, 5) is 16.4. The molecule has 1 aromatic heterocycles. The van der Waals surface area contributed by atoms with Gasteiger partial charge in [-0.05, 0) is 43.4 Å². The van der Waals surface area contributed by atoms with Crippen molar-refractivity contribution < 1.29 is 40.3 Å². The summed E-state index contributed by atoms with van der Waals surface area (Å²) in [5.74, 6) is -2.21. The third-order valence-electron chi connectivity index (χ3n) is 5.66. The molecule has 34 heavy (non-hydrogen) atoms. The number of rotatable bonds is 5. The van der Waals surface area contributed by atoms with Gasteiger partial charge in [-0.3, -0.25) is 4.79 Å². The highest BCUT2D eigenvalue weighted by Crippen LogP contribution is 2.42. The van der Waals surface area contributed by atoms with Gasteiger partial charge in [-0.15, -0.1) is 0 Å².